The minimum atomic E-state index is -0.540. The predicted octanol–water partition coefficient (Wildman–Crippen LogP) is 2.49. The fourth-order valence-corrected chi connectivity index (χ4v) is 4.69. The van der Waals surface area contributed by atoms with Crippen molar-refractivity contribution in [2.24, 2.45) is 0 Å². The standard InChI is InChI=1S/C25H30FN7O2/c1-16(2)32-5-4-19-13-23(29-33(19)15-24(32)34)28-22-12-17-10-20(21(26)11-18(17)14-27-22)25(35)31-8-6-30(3)7-9-31/h10-14,16H,4-9,15H2,1-3H3,(H,27,28,29). The predicted molar refractivity (Wildman–Crippen MR) is 131 cm³/mol. The third-order valence-electron chi connectivity index (χ3n) is 6.79. The van der Waals surface area contributed by atoms with Gasteiger partial charge in [-0.1, -0.05) is 0 Å². The number of hydrogen-bond acceptors (Lipinski definition) is 6. The molecule has 0 radical (unpaired) electrons. The first-order valence-corrected chi connectivity index (χ1v) is 12.0. The van der Waals surface area contributed by atoms with Crippen molar-refractivity contribution in [1.82, 2.24) is 29.5 Å². The number of fused-ring (bicyclic) bond motifs is 2. The topological polar surface area (TPSA) is 86.6 Å². The zero-order chi connectivity index (χ0) is 24.7. The van der Waals surface area contributed by atoms with Gasteiger partial charge in [0.05, 0.1) is 5.56 Å². The van der Waals surface area contributed by atoms with Crippen LogP contribution in [0.2, 0.25) is 0 Å². The number of hydrogen-bond donors (Lipinski definition) is 1. The van der Waals surface area contributed by atoms with Crippen molar-refractivity contribution in [3.8, 4) is 0 Å². The fourth-order valence-electron chi connectivity index (χ4n) is 4.69. The minimum absolute atomic E-state index is 0.0526. The lowest BCUT2D eigenvalue weighted by molar-refractivity contribution is -0.133. The molecular weight excluding hydrogens is 449 g/mol. The van der Waals surface area contributed by atoms with E-state index in [1.165, 1.54) is 6.07 Å². The Morgan fingerprint density at radius 2 is 1.80 bits per heavy atom. The van der Waals surface area contributed by atoms with Gasteiger partial charge in [-0.2, -0.15) is 5.10 Å². The van der Waals surface area contributed by atoms with E-state index in [2.05, 4.69) is 20.3 Å². The minimum Gasteiger partial charge on any atom is -0.338 e. The Morgan fingerprint density at radius 1 is 1.03 bits per heavy atom. The molecule has 2 amide bonds. The summed E-state index contributed by atoms with van der Waals surface area (Å²) in [6.07, 6.45) is 2.30. The van der Waals surface area contributed by atoms with Crippen LogP contribution in [0.5, 0.6) is 0 Å². The molecule has 5 rings (SSSR count). The van der Waals surface area contributed by atoms with Crippen LogP contribution in [0.25, 0.3) is 10.8 Å². The van der Waals surface area contributed by atoms with E-state index in [4.69, 9.17) is 0 Å². The van der Waals surface area contributed by atoms with Gasteiger partial charge >= 0.3 is 0 Å². The Hall–Kier alpha value is -3.53. The molecule has 0 saturated carbocycles. The average Bonchev–Trinajstić information content (AvgIpc) is 3.11. The van der Waals surface area contributed by atoms with Gasteiger partial charge in [-0.25, -0.2) is 9.37 Å². The average molecular weight is 480 g/mol. The molecule has 1 N–H and O–H groups in total. The lowest BCUT2D eigenvalue weighted by Gasteiger charge is -2.32. The Labute approximate surface area is 203 Å². The number of amides is 2. The van der Waals surface area contributed by atoms with Crippen molar-refractivity contribution in [2.45, 2.75) is 32.9 Å². The maximum atomic E-state index is 14.8. The Bertz CT molecular complexity index is 1280. The zero-order valence-electron chi connectivity index (χ0n) is 20.3. The van der Waals surface area contributed by atoms with E-state index in [0.29, 0.717) is 42.0 Å². The zero-order valence-corrected chi connectivity index (χ0v) is 20.3. The van der Waals surface area contributed by atoms with Crippen molar-refractivity contribution < 1.29 is 14.0 Å². The molecule has 0 spiro atoms. The third-order valence-corrected chi connectivity index (χ3v) is 6.79. The number of piperazine rings is 1. The van der Waals surface area contributed by atoms with Crippen LogP contribution in [0.15, 0.2) is 30.5 Å². The molecular formula is C25H30FN7O2. The monoisotopic (exact) mass is 479 g/mol. The summed E-state index contributed by atoms with van der Waals surface area (Å²) in [5, 5.41) is 9.07. The van der Waals surface area contributed by atoms with Gasteiger partial charge in [-0.15, -0.1) is 0 Å². The molecule has 3 aromatic rings. The number of pyridine rings is 1. The van der Waals surface area contributed by atoms with Gasteiger partial charge in [0.25, 0.3) is 5.91 Å². The second-order valence-corrected chi connectivity index (χ2v) is 9.58. The molecule has 2 aromatic heterocycles. The van der Waals surface area contributed by atoms with E-state index in [-0.39, 0.29) is 30.0 Å². The van der Waals surface area contributed by atoms with Crippen molar-refractivity contribution in [1.29, 1.82) is 0 Å². The van der Waals surface area contributed by atoms with Gasteiger partial charge in [0, 0.05) is 68.5 Å². The lowest BCUT2D eigenvalue weighted by atomic mass is 10.1. The molecule has 1 aromatic carbocycles. The number of likely N-dealkylation sites (N-methyl/N-ethyl adjacent to an activating group) is 1. The van der Waals surface area contributed by atoms with E-state index in [9.17, 15) is 14.0 Å². The summed E-state index contributed by atoms with van der Waals surface area (Å²) in [7, 11) is 2.01. The van der Waals surface area contributed by atoms with Crippen molar-refractivity contribution in [3.05, 3.63) is 47.5 Å². The maximum absolute atomic E-state index is 14.8. The Kier molecular flexibility index (Phi) is 6.14. The molecule has 2 aliphatic rings. The molecule has 9 nitrogen and oxygen atoms in total. The SMILES string of the molecule is CC(C)N1CCc2cc(Nc3cc4cc(C(=O)N5CCN(C)CC5)c(F)cc4cn3)nn2CC1=O. The summed E-state index contributed by atoms with van der Waals surface area (Å²) in [4.78, 5) is 35.6. The highest BCUT2D eigenvalue weighted by molar-refractivity contribution is 5.99. The first kappa shape index (κ1) is 23.2. The van der Waals surface area contributed by atoms with Crippen LogP contribution in [0, 0.1) is 5.82 Å². The Morgan fingerprint density at radius 3 is 2.54 bits per heavy atom. The summed E-state index contributed by atoms with van der Waals surface area (Å²) < 4.78 is 16.5. The second-order valence-electron chi connectivity index (χ2n) is 9.58. The maximum Gasteiger partial charge on any atom is 0.256 e. The molecule has 184 valence electrons. The van der Waals surface area contributed by atoms with E-state index in [1.807, 2.05) is 31.9 Å². The molecule has 0 bridgehead atoms. The normalized spacial score (nSPS) is 17.1. The molecule has 4 heterocycles. The number of halogens is 1. The third kappa shape index (κ3) is 4.70. The van der Waals surface area contributed by atoms with E-state index >= 15 is 0 Å². The second kappa shape index (κ2) is 9.26. The fraction of sp³-hybridized carbons (Fsp3) is 0.440. The quantitative estimate of drug-likeness (QED) is 0.619. The molecule has 0 unspecified atom stereocenters. The van der Waals surface area contributed by atoms with Crippen LogP contribution in [0.3, 0.4) is 0 Å². The summed E-state index contributed by atoms with van der Waals surface area (Å²) >= 11 is 0. The number of carbonyl (C=O) groups is 2. The van der Waals surface area contributed by atoms with Crippen LogP contribution in [0.4, 0.5) is 16.0 Å². The molecule has 0 atom stereocenters. The van der Waals surface area contributed by atoms with Crippen molar-refractivity contribution >= 4 is 34.2 Å². The van der Waals surface area contributed by atoms with E-state index in [0.717, 1.165) is 25.2 Å². The molecule has 1 fully saturated rings. The van der Waals surface area contributed by atoms with Crippen LogP contribution in [0.1, 0.15) is 29.9 Å². The smallest absolute Gasteiger partial charge is 0.256 e. The first-order chi connectivity index (χ1) is 16.8. The van der Waals surface area contributed by atoms with Gasteiger partial charge in [0.1, 0.15) is 18.2 Å². The van der Waals surface area contributed by atoms with Crippen LogP contribution in [-0.2, 0) is 17.8 Å². The van der Waals surface area contributed by atoms with E-state index in [1.54, 1.807) is 27.9 Å². The van der Waals surface area contributed by atoms with Crippen molar-refractivity contribution in [2.75, 3.05) is 45.1 Å². The summed E-state index contributed by atoms with van der Waals surface area (Å²) in [6.45, 7) is 7.60. The molecule has 1 saturated heterocycles. The first-order valence-electron chi connectivity index (χ1n) is 12.0. The largest absolute Gasteiger partial charge is 0.338 e. The number of anilines is 2. The van der Waals surface area contributed by atoms with Gasteiger partial charge in [0.15, 0.2) is 5.82 Å². The summed E-state index contributed by atoms with van der Waals surface area (Å²) in [6, 6.07) is 6.83. The molecule has 35 heavy (non-hydrogen) atoms. The number of benzene rings is 1. The number of carbonyl (C=O) groups excluding carboxylic acids is 2. The number of rotatable bonds is 4. The van der Waals surface area contributed by atoms with Crippen molar-refractivity contribution in [3.63, 3.8) is 0 Å². The highest BCUT2D eigenvalue weighted by Crippen LogP contribution is 2.25. The number of nitrogens with zero attached hydrogens (tertiary/aromatic N) is 6. The number of aromatic nitrogens is 3. The van der Waals surface area contributed by atoms with Crippen LogP contribution >= 0.6 is 0 Å². The lowest BCUT2D eigenvalue weighted by Crippen LogP contribution is -2.47. The van der Waals surface area contributed by atoms with Gasteiger partial charge in [0.2, 0.25) is 5.91 Å². The highest BCUT2D eigenvalue weighted by Gasteiger charge is 2.25. The molecule has 2 aliphatic heterocycles. The van der Waals surface area contributed by atoms with Gasteiger partial charge in [-0.05, 0) is 44.5 Å². The van der Waals surface area contributed by atoms with Gasteiger partial charge in [-0.3, -0.25) is 14.3 Å². The van der Waals surface area contributed by atoms with Crippen LogP contribution < -0.4 is 5.32 Å². The summed E-state index contributed by atoms with van der Waals surface area (Å²) in [5.41, 5.74) is 1.05. The number of nitrogens with one attached hydrogen (secondary N) is 1. The van der Waals surface area contributed by atoms with E-state index < -0.39 is 5.82 Å². The molecule has 0 aliphatic carbocycles. The highest BCUT2D eigenvalue weighted by atomic mass is 19.1. The summed E-state index contributed by atoms with van der Waals surface area (Å²) in [5.74, 6) is 0.347. The van der Waals surface area contributed by atoms with Crippen LogP contribution in [-0.4, -0.2) is 87.1 Å². The molecule has 10 heteroatoms. The Balaban J connectivity index is 1.36. The van der Waals surface area contributed by atoms with Gasteiger partial charge < -0.3 is 20.0 Å².